The first-order valence-electron chi connectivity index (χ1n) is 5.36. The average Bonchev–Trinajstić information content (AvgIpc) is 2.25. The molecular formula is C10H18O7. The Hall–Kier alpha value is -0.730. The van der Waals surface area contributed by atoms with E-state index in [0.29, 0.717) is 0 Å². The highest BCUT2D eigenvalue weighted by atomic mass is 16.6. The molecule has 17 heavy (non-hydrogen) atoms. The van der Waals surface area contributed by atoms with Gasteiger partial charge in [0.25, 0.3) is 0 Å². The molecule has 0 bridgehead atoms. The minimum Gasteiger partial charge on any atom is -0.479 e. The number of aliphatic hydroxyl groups is 4. The number of hydrogen-bond acceptors (Lipinski definition) is 6. The Balaban J connectivity index is 2.78. The second-order valence-electron chi connectivity index (χ2n) is 4.53. The fourth-order valence-electron chi connectivity index (χ4n) is 1.93. The van der Waals surface area contributed by atoms with Gasteiger partial charge in [-0.3, -0.25) is 0 Å². The third-order valence-corrected chi connectivity index (χ3v) is 2.96. The summed E-state index contributed by atoms with van der Waals surface area (Å²) in [7, 11) is 0. The second-order valence-corrected chi connectivity index (χ2v) is 4.53. The van der Waals surface area contributed by atoms with Crippen LogP contribution in [0.5, 0.6) is 0 Å². The third kappa shape index (κ3) is 3.14. The van der Waals surface area contributed by atoms with E-state index < -0.39 is 42.6 Å². The van der Waals surface area contributed by atoms with E-state index in [1.165, 1.54) is 6.92 Å². The van der Waals surface area contributed by atoms with Crippen LogP contribution in [0.25, 0.3) is 0 Å². The molecule has 1 saturated heterocycles. The lowest BCUT2D eigenvalue weighted by atomic mass is 9.88. The van der Waals surface area contributed by atoms with E-state index >= 15 is 0 Å². The van der Waals surface area contributed by atoms with E-state index in [4.69, 9.17) is 14.9 Å². The SMILES string of the molecule is CC1(C(=O)O)CC(O)CC([C@H](O)[C@H](O)CO)O1. The Kier molecular flexibility index (Phi) is 4.45. The highest BCUT2D eigenvalue weighted by molar-refractivity contribution is 5.77. The van der Waals surface area contributed by atoms with Crippen molar-refractivity contribution in [1.29, 1.82) is 0 Å². The summed E-state index contributed by atoms with van der Waals surface area (Å²) in [6.07, 6.45) is -4.89. The molecule has 0 aromatic rings. The monoisotopic (exact) mass is 250 g/mol. The zero-order valence-corrected chi connectivity index (χ0v) is 9.48. The molecule has 1 rings (SSSR count). The van der Waals surface area contributed by atoms with Crippen molar-refractivity contribution in [2.24, 2.45) is 0 Å². The van der Waals surface area contributed by atoms with Crippen molar-refractivity contribution in [3.05, 3.63) is 0 Å². The summed E-state index contributed by atoms with van der Waals surface area (Å²) in [6, 6.07) is 0. The first-order chi connectivity index (χ1) is 7.80. The summed E-state index contributed by atoms with van der Waals surface area (Å²) in [6.45, 7) is 0.629. The van der Waals surface area contributed by atoms with Crippen LogP contribution in [0.1, 0.15) is 19.8 Å². The van der Waals surface area contributed by atoms with E-state index in [1.807, 2.05) is 0 Å². The number of carboxylic acids is 1. The normalized spacial score (nSPS) is 37.5. The molecule has 1 aliphatic heterocycles. The zero-order chi connectivity index (χ0) is 13.2. The van der Waals surface area contributed by atoms with Gasteiger partial charge in [-0.1, -0.05) is 0 Å². The van der Waals surface area contributed by atoms with Gasteiger partial charge >= 0.3 is 5.97 Å². The standard InChI is InChI=1S/C10H18O7/c1-10(9(15)16)3-5(12)2-7(17-10)8(14)6(13)4-11/h5-8,11-14H,2-4H2,1H3,(H,15,16)/t5?,6-,7?,8-,10?/m1/s1. The van der Waals surface area contributed by atoms with Gasteiger partial charge in [0, 0.05) is 12.8 Å². The highest BCUT2D eigenvalue weighted by Gasteiger charge is 2.46. The summed E-state index contributed by atoms with van der Waals surface area (Å²) < 4.78 is 5.21. The molecule has 0 saturated carbocycles. The van der Waals surface area contributed by atoms with Gasteiger partial charge in [0.15, 0.2) is 5.60 Å². The Morgan fingerprint density at radius 1 is 1.53 bits per heavy atom. The summed E-state index contributed by atoms with van der Waals surface area (Å²) in [5, 5.41) is 46.1. The summed E-state index contributed by atoms with van der Waals surface area (Å²) >= 11 is 0. The summed E-state index contributed by atoms with van der Waals surface area (Å²) in [5.74, 6) is -1.24. The van der Waals surface area contributed by atoms with Gasteiger partial charge in [-0.15, -0.1) is 0 Å². The van der Waals surface area contributed by atoms with Crippen LogP contribution in [0, 0.1) is 0 Å². The van der Waals surface area contributed by atoms with Gasteiger partial charge in [-0.25, -0.2) is 4.79 Å². The summed E-state index contributed by atoms with van der Waals surface area (Å²) in [4.78, 5) is 11.0. The van der Waals surface area contributed by atoms with Gasteiger partial charge < -0.3 is 30.3 Å². The molecule has 7 nitrogen and oxygen atoms in total. The predicted molar refractivity (Wildman–Crippen MR) is 55.3 cm³/mol. The molecule has 0 radical (unpaired) electrons. The van der Waals surface area contributed by atoms with E-state index in [2.05, 4.69) is 0 Å². The fraction of sp³-hybridized carbons (Fsp3) is 0.900. The van der Waals surface area contributed by atoms with Crippen LogP contribution in [0.3, 0.4) is 0 Å². The van der Waals surface area contributed by atoms with Crippen LogP contribution >= 0.6 is 0 Å². The molecule has 1 fully saturated rings. The molecule has 0 aromatic heterocycles. The fourth-order valence-corrected chi connectivity index (χ4v) is 1.93. The number of ether oxygens (including phenoxy) is 1. The number of carboxylic acid groups (broad SMARTS) is 1. The van der Waals surface area contributed by atoms with Crippen LogP contribution < -0.4 is 0 Å². The topological polar surface area (TPSA) is 127 Å². The Morgan fingerprint density at radius 2 is 2.12 bits per heavy atom. The maximum absolute atomic E-state index is 11.0. The molecule has 1 aliphatic rings. The first-order valence-corrected chi connectivity index (χ1v) is 5.36. The van der Waals surface area contributed by atoms with E-state index in [1.54, 1.807) is 0 Å². The first kappa shape index (κ1) is 14.3. The second kappa shape index (κ2) is 5.28. The van der Waals surface area contributed by atoms with E-state index in [9.17, 15) is 20.1 Å². The van der Waals surface area contributed by atoms with Gasteiger partial charge in [-0.2, -0.15) is 0 Å². The number of aliphatic carboxylic acids is 1. The van der Waals surface area contributed by atoms with Crippen LogP contribution in [0.15, 0.2) is 0 Å². The molecule has 5 atom stereocenters. The average molecular weight is 250 g/mol. The smallest absolute Gasteiger partial charge is 0.335 e. The largest absolute Gasteiger partial charge is 0.479 e. The van der Waals surface area contributed by atoms with Crippen molar-refractivity contribution in [3.8, 4) is 0 Å². The molecule has 100 valence electrons. The van der Waals surface area contributed by atoms with Crippen molar-refractivity contribution in [2.75, 3.05) is 6.61 Å². The van der Waals surface area contributed by atoms with Crippen LogP contribution in [0.2, 0.25) is 0 Å². The molecule has 3 unspecified atom stereocenters. The third-order valence-electron chi connectivity index (χ3n) is 2.96. The van der Waals surface area contributed by atoms with Crippen molar-refractivity contribution in [1.82, 2.24) is 0 Å². The number of carbonyl (C=O) groups is 1. The minimum atomic E-state index is -1.60. The molecule has 0 amide bonds. The number of aliphatic hydroxyl groups excluding tert-OH is 4. The molecule has 0 aliphatic carbocycles. The molecular weight excluding hydrogens is 232 g/mol. The van der Waals surface area contributed by atoms with Gasteiger partial charge in [-0.05, 0) is 6.92 Å². The van der Waals surface area contributed by atoms with Gasteiger partial charge in [0.1, 0.15) is 12.2 Å². The number of rotatable bonds is 4. The van der Waals surface area contributed by atoms with Gasteiger partial charge in [0.05, 0.1) is 18.8 Å². The maximum Gasteiger partial charge on any atom is 0.335 e. The highest BCUT2D eigenvalue weighted by Crippen LogP contribution is 2.31. The van der Waals surface area contributed by atoms with Crippen molar-refractivity contribution < 1.29 is 35.1 Å². The Labute approximate surface area is 98.3 Å². The molecule has 0 spiro atoms. The summed E-state index contributed by atoms with van der Waals surface area (Å²) in [5.41, 5.74) is -1.60. The zero-order valence-electron chi connectivity index (χ0n) is 9.48. The molecule has 1 heterocycles. The van der Waals surface area contributed by atoms with Crippen LogP contribution in [-0.2, 0) is 9.53 Å². The van der Waals surface area contributed by atoms with E-state index in [-0.39, 0.29) is 12.8 Å². The Morgan fingerprint density at radius 3 is 2.59 bits per heavy atom. The molecule has 0 aromatic carbocycles. The van der Waals surface area contributed by atoms with Crippen molar-refractivity contribution in [3.63, 3.8) is 0 Å². The maximum atomic E-state index is 11.0. The van der Waals surface area contributed by atoms with Crippen molar-refractivity contribution in [2.45, 2.75) is 49.8 Å². The van der Waals surface area contributed by atoms with Gasteiger partial charge in [0.2, 0.25) is 0 Å². The molecule has 7 heteroatoms. The quantitative estimate of drug-likeness (QED) is 0.393. The Bertz CT molecular complexity index is 282. The van der Waals surface area contributed by atoms with Crippen LogP contribution in [0.4, 0.5) is 0 Å². The minimum absolute atomic E-state index is 0.0150. The predicted octanol–water partition coefficient (Wildman–Crippen LogP) is -1.92. The van der Waals surface area contributed by atoms with Crippen molar-refractivity contribution >= 4 is 5.97 Å². The lowest BCUT2D eigenvalue weighted by Crippen LogP contribution is -2.55. The lowest BCUT2D eigenvalue weighted by Gasteiger charge is -2.40. The lowest BCUT2D eigenvalue weighted by molar-refractivity contribution is -0.215. The van der Waals surface area contributed by atoms with E-state index in [0.717, 1.165) is 0 Å². The number of hydrogen-bond donors (Lipinski definition) is 5. The van der Waals surface area contributed by atoms with Crippen LogP contribution in [-0.4, -0.2) is 68.1 Å². The molecule has 5 N–H and O–H groups in total.